The first-order chi connectivity index (χ1) is 13.4. The highest BCUT2D eigenvalue weighted by atomic mass is 32.2. The predicted octanol–water partition coefficient (Wildman–Crippen LogP) is 4.87. The molecule has 2 aromatic carbocycles. The maximum atomic E-state index is 12.8. The lowest BCUT2D eigenvalue weighted by Gasteiger charge is -2.09. The molecule has 1 heterocycles. The first-order valence-corrected chi connectivity index (χ1v) is 10.5. The second-order valence-electron chi connectivity index (χ2n) is 6.80. The summed E-state index contributed by atoms with van der Waals surface area (Å²) in [4.78, 5) is 4.53. The quantitative estimate of drug-likeness (QED) is 0.479. The summed E-state index contributed by atoms with van der Waals surface area (Å²) in [6.45, 7) is 6.05. The third-order valence-corrected chi connectivity index (χ3v) is 6.26. The Morgan fingerprint density at radius 3 is 1.96 bits per heavy atom. The highest BCUT2D eigenvalue weighted by Crippen LogP contribution is 2.24. The Balaban J connectivity index is 1.76. The molecule has 6 heteroatoms. The van der Waals surface area contributed by atoms with E-state index in [-0.39, 0.29) is 4.90 Å². The summed E-state index contributed by atoms with van der Waals surface area (Å²) in [5.41, 5.74) is 6.55. The van der Waals surface area contributed by atoms with E-state index in [1.165, 1.54) is 0 Å². The average molecular weight is 394 g/mol. The Morgan fingerprint density at radius 1 is 0.893 bits per heavy atom. The van der Waals surface area contributed by atoms with Crippen molar-refractivity contribution in [3.63, 3.8) is 0 Å². The Labute approximate surface area is 166 Å². The number of benzene rings is 2. The largest absolute Gasteiger partial charge is 0.278 e. The van der Waals surface area contributed by atoms with Crippen LogP contribution < -0.4 is 5.43 Å². The van der Waals surface area contributed by atoms with Crippen molar-refractivity contribution in [3.8, 4) is 0 Å². The number of aromatic nitrogens is 1. The zero-order valence-corrected chi connectivity index (χ0v) is 16.9. The van der Waals surface area contributed by atoms with Crippen LogP contribution in [0.2, 0.25) is 0 Å². The van der Waals surface area contributed by atoms with Crippen LogP contribution in [0.15, 0.2) is 87.9 Å². The monoisotopic (exact) mass is 393 g/mol. The Bertz CT molecular complexity index is 1060. The maximum Gasteiger partial charge on any atom is 0.206 e. The minimum Gasteiger partial charge on any atom is -0.278 e. The molecule has 0 aliphatic carbocycles. The number of anilines is 1. The van der Waals surface area contributed by atoms with Crippen molar-refractivity contribution in [2.45, 2.75) is 36.5 Å². The van der Waals surface area contributed by atoms with Crippen LogP contribution in [0.25, 0.3) is 0 Å². The zero-order chi connectivity index (χ0) is 20.1. The number of hydrazone groups is 1. The zero-order valence-electron chi connectivity index (χ0n) is 16.1. The number of hydrogen-bond donors (Lipinski definition) is 1. The predicted molar refractivity (Wildman–Crippen MR) is 112 cm³/mol. The first-order valence-electron chi connectivity index (χ1n) is 9.04. The lowest BCUT2D eigenvalue weighted by molar-refractivity contribution is 0.596. The van der Waals surface area contributed by atoms with Gasteiger partial charge in [0.1, 0.15) is 0 Å². The molecule has 28 heavy (non-hydrogen) atoms. The van der Waals surface area contributed by atoms with Gasteiger partial charge in [0, 0.05) is 18.0 Å². The summed E-state index contributed by atoms with van der Waals surface area (Å²) in [5, 5.41) is 4.33. The van der Waals surface area contributed by atoms with Crippen LogP contribution in [-0.4, -0.2) is 19.1 Å². The van der Waals surface area contributed by atoms with Crippen molar-refractivity contribution in [2.24, 2.45) is 5.10 Å². The van der Waals surface area contributed by atoms with Gasteiger partial charge in [0.15, 0.2) is 0 Å². The van der Waals surface area contributed by atoms with Gasteiger partial charge in [-0.2, -0.15) is 5.10 Å². The van der Waals surface area contributed by atoms with E-state index in [2.05, 4.69) is 29.4 Å². The summed E-state index contributed by atoms with van der Waals surface area (Å²) in [6, 6.07) is 17.4. The second kappa shape index (κ2) is 8.35. The van der Waals surface area contributed by atoms with Crippen LogP contribution in [0.4, 0.5) is 5.69 Å². The SMILES string of the molecule is C/C(=N/Nc1ccc(S(=O)(=O)c2ccc(C(C)C)cc2)cc1)c1ccncc1. The van der Waals surface area contributed by atoms with Gasteiger partial charge in [-0.3, -0.25) is 10.4 Å². The molecule has 0 atom stereocenters. The molecule has 0 aliphatic rings. The summed E-state index contributed by atoms with van der Waals surface area (Å²) in [5.74, 6) is 0.360. The molecule has 3 rings (SSSR count). The summed E-state index contributed by atoms with van der Waals surface area (Å²) >= 11 is 0. The van der Waals surface area contributed by atoms with Crippen molar-refractivity contribution in [1.29, 1.82) is 0 Å². The summed E-state index contributed by atoms with van der Waals surface area (Å²) < 4.78 is 25.6. The lowest BCUT2D eigenvalue weighted by atomic mass is 10.0. The molecule has 0 fully saturated rings. The van der Waals surface area contributed by atoms with Crippen molar-refractivity contribution < 1.29 is 8.42 Å². The van der Waals surface area contributed by atoms with Crippen LogP contribution >= 0.6 is 0 Å². The lowest BCUT2D eigenvalue weighted by Crippen LogP contribution is -2.03. The Morgan fingerprint density at radius 2 is 1.43 bits per heavy atom. The number of hydrogen-bond acceptors (Lipinski definition) is 5. The van der Waals surface area contributed by atoms with Gasteiger partial charge in [-0.15, -0.1) is 0 Å². The second-order valence-corrected chi connectivity index (χ2v) is 8.75. The number of pyridine rings is 1. The van der Waals surface area contributed by atoms with E-state index in [9.17, 15) is 8.42 Å². The van der Waals surface area contributed by atoms with E-state index in [1.54, 1.807) is 48.8 Å². The first kappa shape index (κ1) is 19.8. The van der Waals surface area contributed by atoms with Gasteiger partial charge in [-0.05, 0) is 66.9 Å². The molecule has 0 spiro atoms. The molecule has 0 amide bonds. The fraction of sp³-hybridized carbons (Fsp3) is 0.182. The van der Waals surface area contributed by atoms with Gasteiger partial charge in [-0.1, -0.05) is 26.0 Å². The van der Waals surface area contributed by atoms with Gasteiger partial charge in [-0.25, -0.2) is 8.42 Å². The van der Waals surface area contributed by atoms with Crippen molar-refractivity contribution in [2.75, 3.05) is 5.43 Å². The van der Waals surface area contributed by atoms with Crippen molar-refractivity contribution >= 4 is 21.2 Å². The van der Waals surface area contributed by atoms with E-state index >= 15 is 0 Å². The van der Waals surface area contributed by atoms with E-state index < -0.39 is 9.84 Å². The molecule has 0 aliphatic heterocycles. The van der Waals surface area contributed by atoms with Crippen molar-refractivity contribution in [1.82, 2.24) is 4.98 Å². The molecule has 0 unspecified atom stereocenters. The molecule has 144 valence electrons. The van der Waals surface area contributed by atoms with E-state index in [0.717, 1.165) is 16.8 Å². The minimum absolute atomic E-state index is 0.255. The topological polar surface area (TPSA) is 71.4 Å². The molecule has 5 nitrogen and oxygen atoms in total. The van der Waals surface area contributed by atoms with E-state index in [1.807, 2.05) is 31.2 Å². The van der Waals surface area contributed by atoms with Crippen LogP contribution in [0.5, 0.6) is 0 Å². The third kappa shape index (κ3) is 4.46. The molecule has 0 radical (unpaired) electrons. The molecular formula is C22H23N3O2S. The van der Waals surface area contributed by atoms with E-state index in [4.69, 9.17) is 0 Å². The maximum absolute atomic E-state index is 12.8. The smallest absolute Gasteiger partial charge is 0.206 e. The third-order valence-electron chi connectivity index (χ3n) is 4.47. The minimum atomic E-state index is -3.54. The molecule has 0 saturated heterocycles. The van der Waals surface area contributed by atoms with Crippen LogP contribution in [0.3, 0.4) is 0 Å². The molecule has 1 aromatic heterocycles. The van der Waals surface area contributed by atoms with Gasteiger partial charge in [0.2, 0.25) is 9.84 Å². The number of rotatable bonds is 6. The van der Waals surface area contributed by atoms with E-state index in [0.29, 0.717) is 16.5 Å². The van der Waals surface area contributed by atoms with Gasteiger partial charge < -0.3 is 0 Å². The normalized spacial score (nSPS) is 12.2. The van der Waals surface area contributed by atoms with Crippen LogP contribution in [0.1, 0.15) is 37.8 Å². The highest BCUT2D eigenvalue weighted by Gasteiger charge is 2.17. The van der Waals surface area contributed by atoms with Crippen LogP contribution in [-0.2, 0) is 9.84 Å². The Hall–Kier alpha value is -2.99. The summed E-state index contributed by atoms with van der Waals surface area (Å²) in [6.07, 6.45) is 3.42. The van der Waals surface area contributed by atoms with Gasteiger partial charge in [0.25, 0.3) is 0 Å². The molecular weight excluding hydrogens is 370 g/mol. The average Bonchev–Trinajstić information content (AvgIpc) is 2.73. The van der Waals surface area contributed by atoms with Gasteiger partial charge in [0.05, 0.1) is 21.2 Å². The number of nitrogens with one attached hydrogen (secondary N) is 1. The van der Waals surface area contributed by atoms with Gasteiger partial charge >= 0.3 is 0 Å². The molecule has 3 aromatic rings. The molecule has 0 saturated carbocycles. The number of sulfone groups is 1. The van der Waals surface area contributed by atoms with Crippen molar-refractivity contribution in [3.05, 3.63) is 84.2 Å². The fourth-order valence-corrected chi connectivity index (χ4v) is 3.94. The highest BCUT2D eigenvalue weighted by molar-refractivity contribution is 7.91. The fourth-order valence-electron chi connectivity index (χ4n) is 2.68. The van der Waals surface area contributed by atoms with Crippen LogP contribution in [0, 0.1) is 0 Å². The molecule has 1 N–H and O–H groups in total. The summed E-state index contributed by atoms with van der Waals surface area (Å²) in [7, 11) is -3.54. The standard InChI is InChI=1S/C22H23N3O2S/c1-16(2)18-4-8-21(9-5-18)28(26,27)22-10-6-20(7-11-22)25-24-17(3)19-12-14-23-15-13-19/h4-16,25H,1-3H3/b24-17-. The molecule has 0 bridgehead atoms. The number of nitrogens with zero attached hydrogens (tertiary/aromatic N) is 2. The Kier molecular flexibility index (Phi) is 5.90.